The summed E-state index contributed by atoms with van der Waals surface area (Å²) in [7, 11) is 1.70. The molecule has 1 unspecified atom stereocenters. The fourth-order valence-electron chi connectivity index (χ4n) is 3.05. The van der Waals surface area contributed by atoms with Crippen LogP contribution in [0.3, 0.4) is 0 Å². The average Bonchev–Trinajstić information content (AvgIpc) is 2.56. The fraction of sp³-hybridized carbons (Fsp3) is 0.409. The Bertz CT molecular complexity index is 778. The number of methoxy groups -OCH3 is 1. The first kappa shape index (κ1) is 19.0. The zero-order chi connectivity index (χ0) is 18.7. The normalized spacial score (nSPS) is 12.2. The third-order valence-electron chi connectivity index (χ3n) is 4.82. The molecule has 3 heteroatoms. The molecule has 0 aliphatic rings. The number of carbonyl (C=O) groups excluding carboxylic acids is 1. The van der Waals surface area contributed by atoms with Crippen molar-refractivity contribution in [1.82, 2.24) is 5.32 Å². The van der Waals surface area contributed by atoms with E-state index in [0.717, 1.165) is 28.0 Å². The van der Waals surface area contributed by atoms with Crippen molar-refractivity contribution in [3.05, 3.63) is 63.7 Å². The van der Waals surface area contributed by atoms with Crippen LogP contribution in [0, 0.1) is 20.8 Å². The van der Waals surface area contributed by atoms with Gasteiger partial charge in [0.2, 0.25) is 0 Å². The maximum atomic E-state index is 12.6. The molecule has 0 spiro atoms. The Labute approximate surface area is 151 Å². The van der Waals surface area contributed by atoms with Gasteiger partial charge in [0.1, 0.15) is 5.75 Å². The number of benzene rings is 2. The molecular formula is C22H29NO2. The van der Waals surface area contributed by atoms with Crippen LogP contribution in [0.15, 0.2) is 30.3 Å². The van der Waals surface area contributed by atoms with Gasteiger partial charge in [-0.2, -0.15) is 0 Å². The van der Waals surface area contributed by atoms with Crippen LogP contribution in [0.4, 0.5) is 0 Å². The van der Waals surface area contributed by atoms with Crippen LogP contribution in [0.2, 0.25) is 0 Å². The lowest BCUT2D eigenvalue weighted by Gasteiger charge is -2.21. The molecule has 1 N–H and O–H groups in total. The van der Waals surface area contributed by atoms with E-state index in [-0.39, 0.29) is 11.9 Å². The van der Waals surface area contributed by atoms with Crippen LogP contribution in [0.5, 0.6) is 5.75 Å². The number of amides is 1. The summed E-state index contributed by atoms with van der Waals surface area (Å²) in [5, 5.41) is 3.12. The highest BCUT2D eigenvalue weighted by atomic mass is 16.5. The molecule has 0 bridgehead atoms. The molecule has 1 atom stereocenters. The molecule has 0 aromatic heterocycles. The molecule has 0 radical (unpaired) electrons. The summed E-state index contributed by atoms with van der Waals surface area (Å²) in [6.45, 7) is 12.5. The van der Waals surface area contributed by atoms with Crippen molar-refractivity contribution in [2.45, 2.75) is 53.5 Å². The van der Waals surface area contributed by atoms with Gasteiger partial charge in [-0.15, -0.1) is 0 Å². The van der Waals surface area contributed by atoms with Crippen LogP contribution < -0.4 is 10.1 Å². The summed E-state index contributed by atoms with van der Waals surface area (Å²) in [5.41, 5.74) is 6.43. The second kappa shape index (κ2) is 7.73. The monoisotopic (exact) mass is 339 g/mol. The smallest absolute Gasteiger partial charge is 0.251 e. The van der Waals surface area contributed by atoms with E-state index in [4.69, 9.17) is 4.74 Å². The molecule has 0 heterocycles. The quantitative estimate of drug-likeness (QED) is 0.809. The van der Waals surface area contributed by atoms with Gasteiger partial charge < -0.3 is 10.1 Å². The van der Waals surface area contributed by atoms with E-state index >= 15 is 0 Å². The van der Waals surface area contributed by atoms with Crippen molar-refractivity contribution in [3.63, 3.8) is 0 Å². The van der Waals surface area contributed by atoms with Gasteiger partial charge >= 0.3 is 0 Å². The van der Waals surface area contributed by atoms with Crippen molar-refractivity contribution in [3.8, 4) is 5.75 Å². The minimum atomic E-state index is -0.0717. The number of ether oxygens (including phenoxy) is 1. The number of aryl methyl sites for hydroxylation is 3. The Balaban J connectivity index is 2.28. The van der Waals surface area contributed by atoms with E-state index in [1.165, 1.54) is 5.56 Å². The van der Waals surface area contributed by atoms with Crippen LogP contribution in [0.25, 0.3) is 0 Å². The molecular weight excluding hydrogens is 310 g/mol. The highest BCUT2D eigenvalue weighted by Gasteiger charge is 2.17. The Morgan fingerprint density at radius 2 is 1.60 bits per heavy atom. The van der Waals surface area contributed by atoms with Crippen LogP contribution in [0.1, 0.15) is 70.9 Å². The summed E-state index contributed by atoms with van der Waals surface area (Å²) in [6, 6.07) is 9.96. The van der Waals surface area contributed by atoms with E-state index in [2.05, 4.69) is 38.2 Å². The maximum absolute atomic E-state index is 12.6. The zero-order valence-electron chi connectivity index (χ0n) is 16.4. The molecule has 0 saturated heterocycles. The van der Waals surface area contributed by atoms with E-state index in [1.54, 1.807) is 7.11 Å². The average molecular weight is 339 g/mol. The first-order chi connectivity index (χ1) is 11.7. The van der Waals surface area contributed by atoms with Crippen molar-refractivity contribution in [2.75, 3.05) is 7.11 Å². The minimum absolute atomic E-state index is 0.0445. The number of nitrogens with one attached hydrogen (secondary N) is 1. The van der Waals surface area contributed by atoms with E-state index in [9.17, 15) is 4.79 Å². The fourth-order valence-corrected chi connectivity index (χ4v) is 3.05. The Kier molecular flexibility index (Phi) is 5.89. The van der Waals surface area contributed by atoms with Gasteiger partial charge in [0.05, 0.1) is 13.2 Å². The second-order valence-electron chi connectivity index (χ2n) is 7.10. The van der Waals surface area contributed by atoms with Gasteiger partial charge in [-0.25, -0.2) is 0 Å². The number of hydrogen-bond donors (Lipinski definition) is 1. The van der Waals surface area contributed by atoms with Crippen molar-refractivity contribution in [2.24, 2.45) is 0 Å². The molecule has 2 aromatic carbocycles. The van der Waals surface area contributed by atoms with Crippen molar-refractivity contribution in [1.29, 1.82) is 0 Å². The second-order valence-corrected chi connectivity index (χ2v) is 7.10. The van der Waals surface area contributed by atoms with Crippen LogP contribution in [-0.4, -0.2) is 13.0 Å². The van der Waals surface area contributed by atoms with E-state index < -0.39 is 0 Å². The molecule has 134 valence electrons. The first-order valence-corrected chi connectivity index (χ1v) is 8.81. The summed E-state index contributed by atoms with van der Waals surface area (Å²) in [6.07, 6.45) is 0. The third-order valence-corrected chi connectivity index (χ3v) is 4.82. The molecule has 0 fully saturated rings. The topological polar surface area (TPSA) is 38.3 Å². The number of hydrogen-bond acceptors (Lipinski definition) is 2. The minimum Gasteiger partial charge on any atom is -0.496 e. The molecule has 0 aliphatic heterocycles. The van der Waals surface area contributed by atoms with Gasteiger partial charge in [0.15, 0.2) is 0 Å². The molecule has 1 amide bonds. The summed E-state index contributed by atoms with van der Waals surface area (Å²) < 4.78 is 5.51. The predicted molar refractivity (Wildman–Crippen MR) is 104 cm³/mol. The molecule has 0 saturated carbocycles. The zero-order valence-corrected chi connectivity index (χ0v) is 16.4. The maximum Gasteiger partial charge on any atom is 0.251 e. The van der Waals surface area contributed by atoms with Crippen molar-refractivity contribution >= 4 is 5.91 Å². The van der Waals surface area contributed by atoms with Gasteiger partial charge in [-0.3, -0.25) is 4.79 Å². The van der Waals surface area contributed by atoms with Gasteiger partial charge in [0, 0.05) is 5.56 Å². The highest BCUT2D eigenvalue weighted by molar-refractivity contribution is 5.94. The summed E-state index contributed by atoms with van der Waals surface area (Å²) in [4.78, 5) is 12.6. The SMILES string of the molecule is COc1cc(C)c(C(C)NC(=O)c2ccc(C)c(C)c2)cc1C(C)C. The standard InChI is InChI=1S/C22H29NO2/c1-13(2)19-12-20(16(5)11-21(19)25-7)17(6)23-22(24)18-9-8-14(3)15(4)10-18/h8-13,17H,1-7H3,(H,23,24). The Morgan fingerprint density at radius 3 is 2.16 bits per heavy atom. The van der Waals surface area contributed by atoms with E-state index in [1.807, 2.05) is 39.0 Å². The molecule has 3 nitrogen and oxygen atoms in total. The number of rotatable bonds is 5. The summed E-state index contributed by atoms with van der Waals surface area (Å²) >= 11 is 0. The lowest BCUT2D eigenvalue weighted by Crippen LogP contribution is -2.27. The van der Waals surface area contributed by atoms with E-state index in [0.29, 0.717) is 11.5 Å². The summed E-state index contributed by atoms with van der Waals surface area (Å²) in [5.74, 6) is 1.22. The largest absolute Gasteiger partial charge is 0.496 e. The molecule has 2 aromatic rings. The highest BCUT2D eigenvalue weighted by Crippen LogP contribution is 2.32. The number of carbonyl (C=O) groups is 1. The lowest BCUT2D eigenvalue weighted by atomic mass is 9.93. The van der Waals surface area contributed by atoms with Crippen molar-refractivity contribution < 1.29 is 9.53 Å². The Hall–Kier alpha value is -2.29. The Morgan fingerprint density at radius 1 is 0.920 bits per heavy atom. The predicted octanol–water partition coefficient (Wildman–Crippen LogP) is 5.23. The van der Waals surface area contributed by atoms with Crippen LogP contribution >= 0.6 is 0 Å². The van der Waals surface area contributed by atoms with Gasteiger partial charge in [0.25, 0.3) is 5.91 Å². The molecule has 0 aliphatic carbocycles. The third kappa shape index (κ3) is 4.22. The first-order valence-electron chi connectivity index (χ1n) is 8.81. The molecule has 25 heavy (non-hydrogen) atoms. The molecule has 2 rings (SSSR count). The van der Waals surface area contributed by atoms with Gasteiger partial charge in [-0.1, -0.05) is 19.9 Å². The van der Waals surface area contributed by atoms with Crippen LogP contribution in [-0.2, 0) is 0 Å². The lowest BCUT2D eigenvalue weighted by molar-refractivity contribution is 0.0939. The van der Waals surface area contributed by atoms with Gasteiger partial charge in [-0.05, 0) is 85.7 Å².